The number of H-pyrrole nitrogens is 1. The van der Waals surface area contributed by atoms with Crippen molar-refractivity contribution in [2.24, 2.45) is 7.05 Å². The Labute approximate surface area is 163 Å². The molecular weight excluding hydrogens is 346 g/mol. The molecule has 0 aliphatic carbocycles. The Balaban J connectivity index is 1.94. The van der Waals surface area contributed by atoms with Crippen molar-refractivity contribution >= 4 is 38.3 Å². The molecule has 0 unspecified atom stereocenters. The number of para-hydroxylation sites is 1. The zero-order valence-electron chi connectivity index (χ0n) is 16.6. The van der Waals surface area contributed by atoms with E-state index in [0.717, 1.165) is 11.3 Å². The molecule has 0 bridgehead atoms. The Morgan fingerprint density at radius 2 is 1.64 bits per heavy atom. The van der Waals surface area contributed by atoms with E-state index in [1.54, 1.807) is 7.11 Å². The second kappa shape index (κ2) is 6.06. The van der Waals surface area contributed by atoms with Crippen LogP contribution in [0.4, 0.5) is 5.69 Å². The lowest BCUT2D eigenvalue weighted by molar-refractivity contribution is 0.416. The van der Waals surface area contributed by atoms with Gasteiger partial charge >= 0.3 is 0 Å². The van der Waals surface area contributed by atoms with Crippen molar-refractivity contribution in [3.8, 4) is 16.9 Å². The Kier molecular flexibility index (Phi) is 3.63. The molecule has 2 aromatic heterocycles. The summed E-state index contributed by atoms with van der Waals surface area (Å²) >= 11 is 0. The first-order valence-corrected chi connectivity index (χ1v) is 9.42. The minimum Gasteiger partial charge on any atom is -0.496 e. The van der Waals surface area contributed by atoms with Crippen molar-refractivity contribution in [2.45, 2.75) is 0 Å². The fraction of sp³-hybridized carbons (Fsp3) is 0.167. The van der Waals surface area contributed by atoms with Gasteiger partial charge in [-0.25, -0.2) is 0 Å². The minimum absolute atomic E-state index is 0.887. The number of hydrogen-bond acceptors (Lipinski definition) is 2. The second-order valence-corrected chi connectivity index (χ2v) is 7.46. The number of aryl methyl sites for hydroxylation is 1. The molecule has 0 radical (unpaired) electrons. The van der Waals surface area contributed by atoms with Gasteiger partial charge in [0.1, 0.15) is 5.75 Å². The van der Waals surface area contributed by atoms with Crippen molar-refractivity contribution in [1.82, 2.24) is 9.55 Å². The number of nitrogens with zero attached hydrogens (tertiary/aromatic N) is 2. The Hall–Kier alpha value is -3.40. The maximum Gasteiger partial charge on any atom is 0.126 e. The first-order chi connectivity index (χ1) is 13.6. The number of aromatic amines is 1. The Morgan fingerprint density at radius 1 is 0.857 bits per heavy atom. The van der Waals surface area contributed by atoms with Crippen LogP contribution < -0.4 is 9.64 Å². The largest absolute Gasteiger partial charge is 0.496 e. The van der Waals surface area contributed by atoms with E-state index in [1.807, 2.05) is 12.1 Å². The van der Waals surface area contributed by atoms with Crippen LogP contribution in [0.3, 0.4) is 0 Å². The molecule has 0 aliphatic rings. The summed E-state index contributed by atoms with van der Waals surface area (Å²) in [6, 6.07) is 17.2. The zero-order valence-corrected chi connectivity index (χ0v) is 16.6. The summed E-state index contributed by atoms with van der Waals surface area (Å²) in [6.07, 6.45) is 4.20. The van der Waals surface area contributed by atoms with Crippen molar-refractivity contribution < 1.29 is 4.74 Å². The van der Waals surface area contributed by atoms with Crippen molar-refractivity contribution in [2.75, 3.05) is 26.1 Å². The quantitative estimate of drug-likeness (QED) is 0.452. The molecule has 0 aliphatic heterocycles. The molecule has 1 N–H and O–H groups in total. The molecule has 4 heteroatoms. The maximum atomic E-state index is 5.65. The van der Waals surface area contributed by atoms with E-state index in [9.17, 15) is 0 Å². The molecule has 0 spiro atoms. The minimum atomic E-state index is 0.887. The highest BCUT2D eigenvalue weighted by atomic mass is 16.5. The van der Waals surface area contributed by atoms with Gasteiger partial charge in [0, 0.05) is 71.8 Å². The first-order valence-electron chi connectivity index (χ1n) is 9.42. The maximum absolute atomic E-state index is 5.65. The highest BCUT2D eigenvalue weighted by molar-refractivity contribution is 6.24. The molecule has 0 fully saturated rings. The third-order valence-corrected chi connectivity index (χ3v) is 5.73. The van der Waals surface area contributed by atoms with Crippen LogP contribution in [0.1, 0.15) is 0 Å². The van der Waals surface area contributed by atoms with Gasteiger partial charge in [-0.3, -0.25) is 0 Å². The average molecular weight is 369 g/mol. The number of fused-ring (bicyclic) bond motifs is 5. The standard InChI is InChI=1S/C24H23N3O/c1-26(2)15-9-10-21-18(11-15)24-20-14-25-13-19(20)17(12-22(24)27(21)3)16-7-5-6-8-23(16)28-4/h5-14,25H,1-4H3. The number of aromatic nitrogens is 2. The summed E-state index contributed by atoms with van der Waals surface area (Å²) in [6.45, 7) is 0. The molecule has 0 saturated carbocycles. The van der Waals surface area contributed by atoms with Gasteiger partial charge < -0.3 is 19.2 Å². The van der Waals surface area contributed by atoms with Gasteiger partial charge in [0.05, 0.1) is 12.6 Å². The number of nitrogens with one attached hydrogen (secondary N) is 1. The van der Waals surface area contributed by atoms with E-state index >= 15 is 0 Å². The van der Waals surface area contributed by atoms with Gasteiger partial charge in [-0.2, -0.15) is 0 Å². The monoisotopic (exact) mass is 369 g/mol. The lowest BCUT2D eigenvalue weighted by atomic mass is 9.97. The lowest BCUT2D eigenvalue weighted by Crippen LogP contribution is -2.08. The first kappa shape index (κ1) is 16.8. The van der Waals surface area contributed by atoms with E-state index in [-0.39, 0.29) is 0 Å². The normalized spacial score (nSPS) is 11.6. The van der Waals surface area contributed by atoms with E-state index in [1.165, 1.54) is 43.8 Å². The summed E-state index contributed by atoms with van der Waals surface area (Å²) in [7, 11) is 8.03. The van der Waals surface area contributed by atoms with Crippen LogP contribution in [0, 0.1) is 0 Å². The molecule has 0 atom stereocenters. The predicted octanol–water partition coefficient (Wildman–Crippen LogP) is 5.55. The van der Waals surface area contributed by atoms with Gasteiger partial charge in [-0.05, 0) is 35.9 Å². The van der Waals surface area contributed by atoms with Crippen LogP contribution in [-0.4, -0.2) is 30.8 Å². The topological polar surface area (TPSA) is 33.2 Å². The third kappa shape index (κ3) is 2.24. The molecule has 28 heavy (non-hydrogen) atoms. The number of ether oxygens (including phenoxy) is 1. The van der Waals surface area contributed by atoms with Crippen LogP contribution in [-0.2, 0) is 7.05 Å². The average Bonchev–Trinajstić information content (AvgIpc) is 3.30. The van der Waals surface area contributed by atoms with Crippen molar-refractivity contribution in [3.63, 3.8) is 0 Å². The molecule has 5 aromatic rings. The van der Waals surface area contributed by atoms with Crippen molar-refractivity contribution in [1.29, 1.82) is 0 Å². The highest BCUT2D eigenvalue weighted by Gasteiger charge is 2.18. The molecule has 140 valence electrons. The molecule has 5 rings (SSSR count). The fourth-order valence-electron chi connectivity index (χ4n) is 4.28. The van der Waals surface area contributed by atoms with Crippen LogP contribution in [0.5, 0.6) is 5.75 Å². The Bertz CT molecular complexity index is 1340. The van der Waals surface area contributed by atoms with Gasteiger partial charge in [0.15, 0.2) is 0 Å². The number of hydrogen-bond donors (Lipinski definition) is 1. The van der Waals surface area contributed by atoms with E-state index in [2.05, 4.69) is 84.4 Å². The molecule has 0 amide bonds. The van der Waals surface area contributed by atoms with E-state index in [0.29, 0.717) is 0 Å². The number of anilines is 1. The second-order valence-electron chi connectivity index (χ2n) is 7.46. The lowest BCUT2D eigenvalue weighted by Gasteiger charge is -2.12. The number of methoxy groups -OCH3 is 1. The Morgan fingerprint density at radius 3 is 2.43 bits per heavy atom. The molecule has 3 aromatic carbocycles. The third-order valence-electron chi connectivity index (χ3n) is 5.73. The molecular formula is C24H23N3O. The predicted molar refractivity (Wildman–Crippen MR) is 119 cm³/mol. The zero-order chi connectivity index (χ0) is 19.4. The number of benzene rings is 3. The van der Waals surface area contributed by atoms with Gasteiger partial charge in [0.25, 0.3) is 0 Å². The fourth-order valence-corrected chi connectivity index (χ4v) is 4.28. The summed E-state index contributed by atoms with van der Waals surface area (Å²) in [5.74, 6) is 0.887. The van der Waals surface area contributed by atoms with Gasteiger partial charge in [0.2, 0.25) is 0 Å². The van der Waals surface area contributed by atoms with Crippen LogP contribution in [0.25, 0.3) is 43.7 Å². The summed E-state index contributed by atoms with van der Waals surface area (Å²) < 4.78 is 7.93. The van der Waals surface area contributed by atoms with Crippen molar-refractivity contribution in [3.05, 3.63) is 60.9 Å². The van der Waals surface area contributed by atoms with Crippen LogP contribution in [0.15, 0.2) is 60.9 Å². The summed E-state index contributed by atoms with van der Waals surface area (Å²) in [5, 5.41) is 5.01. The highest BCUT2D eigenvalue weighted by Crippen LogP contribution is 2.42. The van der Waals surface area contributed by atoms with Crippen LogP contribution >= 0.6 is 0 Å². The summed E-state index contributed by atoms with van der Waals surface area (Å²) in [5.41, 5.74) is 5.95. The van der Waals surface area contributed by atoms with Gasteiger partial charge in [-0.15, -0.1) is 0 Å². The van der Waals surface area contributed by atoms with Crippen LogP contribution in [0.2, 0.25) is 0 Å². The molecule has 4 nitrogen and oxygen atoms in total. The SMILES string of the molecule is COc1ccccc1-c1cc2c(c3c[nH]cc13)c1cc(N(C)C)ccc1n2C. The summed E-state index contributed by atoms with van der Waals surface area (Å²) in [4.78, 5) is 5.48. The number of rotatable bonds is 3. The smallest absolute Gasteiger partial charge is 0.126 e. The van der Waals surface area contributed by atoms with Gasteiger partial charge in [-0.1, -0.05) is 18.2 Å². The van der Waals surface area contributed by atoms with E-state index < -0.39 is 0 Å². The molecule has 0 saturated heterocycles. The molecule has 2 heterocycles. The van der Waals surface area contributed by atoms with E-state index in [4.69, 9.17) is 4.74 Å².